The van der Waals surface area contributed by atoms with E-state index < -0.39 is 0 Å². The summed E-state index contributed by atoms with van der Waals surface area (Å²) in [5.41, 5.74) is 2.37. The van der Waals surface area contributed by atoms with Crippen molar-refractivity contribution in [2.24, 2.45) is 10.9 Å². The van der Waals surface area contributed by atoms with E-state index in [-0.39, 0.29) is 17.7 Å². The van der Waals surface area contributed by atoms with E-state index in [1.165, 1.54) is 6.08 Å². The highest BCUT2D eigenvalue weighted by atomic mass is 19.1. The molecule has 140 valence electrons. The van der Waals surface area contributed by atoms with E-state index in [1.807, 2.05) is 36.9 Å². The van der Waals surface area contributed by atoms with Crippen LogP contribution >= 0.6 is 0 Å². The number of carbonyl (C=O) groups is 1. The van der Waals surface area contributed by atoms with Crippen molar-refractivity contribution in [3.05, 3.63) is 47.4 Å². The van der Waals surface area contributed by atoms with Gasteiger partial charge in [0.15, 0.2) is 5.82 Å². The van der Waals surface area contributed by atoms with Crippen LogP contribution in [0.3, 0.4) is 0 Å². The fourth-order valence-electron chi connectivity index (χ4n) is 4.09. The fraction of sp³-hybridized carbons (Fsp3) is 0.409. The summed E-state index contributed by atoms with van der Waals surface area (Å²) in [4.78, 5) is 24.0. The smallest absolute Gasteiger partial charge is 0.256 e. The van der Waals surface area contributed by atoms with Gasteiger partial charge in [-0.1, -0.05) is 25.1 Å². The van der Waals surface area contributed by atoms with Crippen LogP contribution in [0.15, 0.2) is 41.3 Å². The van der Waals surface area contributed by atoms with Gasteiger partial charge in [-0.2, -0.15) is 0 Å². The monoisotopic (exact) mass is 365 g/mol. The summed E-state index contributed by atoms with van der Waals surface area (Å²) in [6.45, 7) is 5.63. The number of pyridine rings is 1. The third kappa shape index (κ3) is 3.51. The number of halogens is 1. The summed E-state index contributed by atoms with van der Waals surface area (Å²) in [5, 5.41) is 1.75. The van der Waals surface area contributed by atoms with E-state index in [4.69, 9.17) is 0 Å². The Morgan fingerprint density at radius 3 is 2.78 bits per heavy atom. The van der Waals surface area contributed by atoms with Crippen LogP contribution in [0.1, 0.15) is 48.5 Å². The number of amides is 1. The number of aromatic nitrogens is 1. The minimum atomic E-state index is -0.131. The summed E-state index contributed by atoms with van der Waals surface area (Å²) in [6.07, 6.45) is 6.47. The average Bonchev–Trinajstić information content (AvgIpc) is 3.16. The first-order valence-electron chi connectivity index (χ1n) is 9.64. The number of rotatable bonds is 2. The fourth-order valence-corrected chi connectivity index (χ4v) is 4.09. The summed E-state index contributed by atoms with van der Waals surface area (Å²) in [7, 11) is 0. The topological polar surface area (TPSA) is 45.6 Å². The lowest BCUT2D eigenvalue weighted by molar-refractivity contribution is 0.0794. The van der Waals surface area contributed by atoms with Crippen molar-refractivity contribution in [1.29, 1.82) is 0 Å². The molecular weight excluding hydrogens is 341 g/mol. The number of aliphatic imine (C=N–C) groups is 1. The molecule has 0 spiro atoms. The molecule has 0 saturated carbocycles. The number of fused-ring (bicyclic) bond motifs is 1. The molecule has 0 bridgehead atoms. The predicted octanol–water partition coefficient (Wildman–Crippen LogP) is 5.14. The molecule has 0 N–H and O–H groups in total. The van der Waals surface area contributed by atoms with Gasteiger partial charge in [0.2, 0.25) is 0 Å². The standard InChI is InChI=1S/C22H24FN3O/c1-14-10-16(23)12-17(11-14)25-21-18-7-5-6-15(2)20(18)19(13-24-21)22(27)26-8-3-4-9-26/h5-7,12-14H,3-4,8-11H2,1-2H3. The molecule has 2 heterocycles. The van der Waals surface area contributed by atoms with Gasteiger partial charge in [0.05, 0.1) is 5.56 Å². The number of benzene rings is 1. The van der Waals surface area contributed by atoms with Crippen molar-refractivity contribution in [2.45, 2.75) is 39.5 Å². The molecule has 4 rings (SSSR count). The Balaban J connectivity index is 1.83. The molecule has 1 aliphatic carbocycles. The van der Waals surface area contributed by atoms with Crippen LogP contribution < -0.4 is 0 Å². The van der Waals surface area contributed by atoms with Gasteiger partial charge in [-0.15, -0.1) is 0 Å². The van der Waals surface area contributed by atoms with E-state index in [0.29, 0.717) is 23.5 Å². The van der Waals surface area contributed by atoms with Crippen molar-refractivity contribution in [2.75, 3.05) is 13.1 Å². The third-order valence-corrected chi connectivity index (χ3v) is 5.40. The second-order valence-corrected chi connectivity index (χ2v) is 7.70. The maximum atomic E-state index is 13.8. The Kier molecular flexibility index (Phi) is 4.77. The minimum absolute atomic E-state index is 0.0377. The summed E-state index contributed by atoms with van der Waals surface area (Å²) < 4.78 is 13.8. The first kappa shape index (κ1) is 17.8. The van der Waals surface area contributed by atoms with Gasteiger partial charge in [-0.25, -0.2) is 14.4 Å². The van der Waals surface area contributed by atoms with Gasteiger partial charge in [0.25, 0.3) is 5.91 Å². The van der Waals surface area contributed by atoms with E-state index in [9.17, 15) is 9.18 Å². The summed E-state index contributed by atoms with van der Waals surface area (Å²) in [5.74, 6) is 0.696. The van der Waals surface area contributed by atoms with Gasteiger partial charge in [-0.05, 0) is 43.7 Å². The zero-order valence-electron chi connectivity index (χ0n) is 15.8. The van der Waals surface area contributed by atoms with E-state index in [2.05, 4.69) is 9.98 Å². The number of likely N-dealkylation sites (tertiary alicyclic amines) is 1. The van der Waals surface area contributed by atoms with Gasteiger partial charge in [0.1, 0.15) is 5.83 Å². The number of allylic oxidation sites excluding steroid dienone is 2. The molecule has 1 amide bonds. The highest BCUT2D eigenvalue weighted by Crippen LogP contribution is 2.32. The SMILES string of the molecule is Cc1cccc2c(N=C3C=C(F)CC(C)C3)ncc(C(=O)N3CCCC3)c12. The predicted molar refractivity (Wildman–Crippen MR) is 106 cm³/mol. The van der Waals surface area contributed by atoms with Gasteiger partial charge in [0, 0.05) is 42.2 Å². The second kappa shape index (κ2) is 7.22. The Morgan fingerprint density at radius 2 is 2.04 bits per heavy atom. The molecule has 1 atom stereocenters. The molecule has 5 heteroatoms. The van der Waals surface area contributed by atoms with Crippen molar-refractivity contribution in [3.63, 3.8) is 0 Å². The quantitative estimate of drug-likeness (QED) is 0.740. The van der Waals surface area contributed by atoms with E-state index in [0.717, 1.165) is 48.7 Å². The van der Waals surface area contributed by atoms with Gasteiger partial charge < -0.3 is 4.90 Å². The molecule has 1 aromatic carbocycles. The van der Waals surface area contributed by atoms with Crippen LogP contribution in [0.25, 0.3) is 10.8 Å². The Bertz CT molecular complexity index is 957. The number of aryl methyl sites for hydroxylation is 1. The molecule has 4 nitrogen and oxygen atoms in total. The number of hydrogen-bond acceptors (Lipinski definition) is 3. The maximum Gasteiger partial charge on any atom is 0.256 e. The van der Waals surface area contributed by atoms with Crippen molar-refractivity contribution in [1.82, 2.24) is 9.88 Å². The van der Waals surface area contributed by atoms with Crippen LogP contribution in [-0.2, 0) is 0 Å². The molecule has 1 aliphatic heterocycles. The highest BCUT2D eigenvalue weighted by Gasteiger charge is 2.23. The average molecular weight is 365 g/mol. The number of hydrogen-bond donors (Lipinski definition) is 0. The number of carbonyl (C=O) groups excluding carboxylic acids is 1. The highest BCUT2D eigenvalue weighted by molar-refractivity contribution is 6.11. The first-order chi connectivity index (χ1) is 13.0. The van der Waals surface area contributed by atoms with Crippen LogP contribution in [-0.4, -0.2) is 34.6 Å². The summed E-state index contributed by atoms with van der Waals surface area (Å²) >= 11 is 0. The van der Waals surface area contributed by atoms with Gasteiger partial charge >= 0.3 is 0 Å². The largest absolute Gasteiger partial charge is 0.339 e. The second-order valence-electron chi connectivity index (χ2n) is 7.70. The van der Waals surface area contributed by atoms with Crippen molar-refractivity contribution >= 4 is 28.2 Å². The molecule has 2 aromatic rings. The van der Waals surface area contributed by atoms with Crippen LogP contribution in [0.5, 0.6) is 0 Å². The Labute approximate surface area is 158 Å². The molecule has 27 heavy (non-hydrogen) atoms. The maximum absolute atomic E-state index is 13.8. The summed E-state index contributed by atoms with van der Waals surface area (Å²) in [6, 6.07) is 5.90. The van der Waals surface area contributed by atoms with Crippen molar-refractivity contribution in [3.8, 4) is 0 Å². The van der Waals surface area contributed by atoms with E-state index >= 15 is 0 Å². The van der Waals surface area contributed by atoms with Crippen LogP contribution in [0.4, 0.5) is 10.2 Å². The van der Waals surface area contributed by atoms with Crippen LogP contribution in [0.2, 0.25) is 0 Å². The van der Waals surface area contributed by atoms with E-state index in [1.54, 1.807) is 6.20 Å². The lowest BCUT2D eigenvalue weighted by Gasteiger charge is -2.18. The lowest BCUT2D eigenvalue weighted by Crippen LogP contribution is -2.28. The molecule has 1 unspecified atom stereocenters. The molecular formula is C22H24FN3O. The molecule has 1 saturated heterocycles. The lowest BCUT2D eigenvalue weighted by atomic mass is 9.94. The minimum Gasteiger partial charge on any atom is -0.339 e. The first-order valence-corrected chi connectivity index (χ1v) is 9.64. The van der Waals surface area contributed by atoms with Crippen molar-refractivity contribution < 1.29 is 9.18 Å². The third-order valence-electron chi connectivity index (χ3n) is 5.40. The Morgan fingerprint density at radius 1 is 1.26 bits per heavy atom. The number of nitrogens with zero attached hydrogens (tertiary/aromatic N) is 3. The zero-order valence-corrected chi connectivity index (χ0v) is 15.8. The molecule has 0 radical (unpaired) electrons. The molecule has 2 aliphatic rings. The Hall–Kier alpha value is -2.56. The molecule has 1 fully saturated rings. The zero-order chi connectivity index (χ0) is 19.0. The molecule has 1 aromatic heterocycles. The van der Waals surface area contributed by atoms with Crippen LogP contribution in [0, 0.1) is 12.8 Å². The normalized spacial score (nSPS) is 21.7. The van der Waals surface area contributed by atoms with Gasteiger partial charge in [-0.3, -0.25) is 4.79 Å².